The van der Waals surface area contributed by atoms with E-state index < -0.39 is 26.4 Å². The summed E-state index contributed by atoms with van der Waals surface area (Å²) < 4.78 is 49.9. The molecule has 0 unspecified atom stereocenters. The number of hydrogen-bond donors (Lipinski definition) is 2. The Labute approximate surface area is 102 Å². The van der Waals surface area contributed by atoms with Crippen molar-refractivity contribution in [3.05, 3.63) is 30.0 Å². The van der Waals surface area contributed by atoms with Gasteiger partial charge in [-0.05, 0) is 12.1 Å². The van der Waals surface area contributed by atoms with Gasteiger partial charge in [0.2, 0.25) is 0 Å². The number of halogens is 2. The number of nitrogens with zero attached hydrogens (tertiary/aromatic N) is 1. The van der Waals surface area contributed by atoms with Crippen molar-refractivity contribution >= 4 is 15.7 Å². The van der Waals surface area contributed by atoms with Crippen LogP contribution in [-0.2, 0) is 9.84 Å². The third-order valence-corrected chi connectivity index (χ3v) is 3.52. The SMILES string of the molecule is CS(=O)(=O)c1ccc(-c2cn[nH]c2N)c(F)c1F. The first-order chi connectivity index (χ1) is 8.32. The predicted molar refractivity (Wildman–Crippen MR) is 61.5 cm³/mol. The number of hydrogen-bond acceptors (Lipinski definition) is 4. The molecule has 2 rings (SSSR count). The molecule has 0 saturated heterocycles. The molecule has 1 aromatic carbocycles. The third kappa shape index (κ3) is 1.94. The van der Waals surface area contributed by atoms with Crippen molar-refractivity contribution in [1.29, 1.82) is 0 Å². The van der Waals surface area contributed by atoms with E-state index in [0.717, 1.165) is 18.4 Å². The number of rotatable bonds is 2. The van der Waals surface area contributed by atoms with Crippen molar-refractivity contribution in [3.8, 4) is 11.1 Å². The van der Waals surface area contributed by atoms with Crippen LogP contribution in [0, 0.1) is 11.6 Å². The van der Waals surface area contributed by atoms with E-state index in [1.165, 1.54) is 6.20 Å². The number of nitrogen functional groups attached to an aromatic ring is 1. The molecule has 0 aliphatic heterocycles. The molecular formula is C10H9F2N3O2S. The molecule has 2 aromatic rings. The fourth-order valence-corrected chi connectivity index (χ4v) is 2.27. The van der Waals surface area contributed by atoms with E-state index in [2.05, 4.69) is 10.2 Å². The normalized spacial score (nSPS) is 11.7. The number of anilines is 1. The van der Waals surface area contributed by atoms with Crippen LogP contribution in [0.25, 0.3) is 11.1 Å². The van der Waals surface area contributed by atoms with Gasteiger partial charge in [0.1, 0.15) is 10.7 Å². The Morgan fingerprint density at radius 1 is 1.22 bits per heavy atom. The highest BCUT2D eigenvalue weighted by Crippen LogP contribution is 2.30. The second-order valence-corrected chi connectivity index (χ2v) is 5.69. The standard InChI is InChI=1S/C10H9F2N3O2S/c1-18(16,17)7-3-2-5(8(11)9(7)12)6-4-14-15-10(6)13/h2-4H,1H3,(H3,13,14,15). The average molecular weight is 273 g/mol. The fourth-order valence-electron chi connectivity index (χ4n) is 1.54. The van der Waals surface area contributed by atoms with Crippen molar-refractivity contribution in [2.45, 2.75) is 4.90 Å². The van der Waals surface area contributed by atoms with Crippen LogP contribution in [0.2, 0.25) is 0 Å². The quantitative estimate of drug-likeness (QED) is 0.864. The first kappa shape index (κ1) is 12.5. The molecule has 96 valence electrons. The molecule has 0 atom stereocenters. The highest BCUT2D eigenvalue weighted by molar-refractivity contribution is 7.90. The number of benzene rings is 1. The van der Waals surface area contributed by atoms with Gasteiger partial charge in [-0.3, -0.25) is 5.10 Å². The van der Waals surface area contributed by atoms with Crippen LogP contribution in [0.1, 0.15) is 0 Å². The predicted octanol–water partition coefficient (Wildman–Crippen LogP) is 1.34. The van der Waals surface area contributed by atoms with Crippen molar-refractivity contribution in [2.24, 2.45) is 0 Å². The Morgan fingerprint density at radius 2 is 1.89 bits per heavy atom. The summed E-state index contributed by atoms with van der Waals surface area (Å²) in [6.07, 6.45) is 2.03. The van der Waals surface area contributed by atoms with Crippen LogP contribution in [-0.4, -0.2) is 24.9 Å². The molecule has 0 radical (unpaired) electrons. The van der Waals surface area contributed by atoms with Gasteiger partial charge < -0.3 is 5.73 Å². The first-order valence-corrected chi connectivity index (χ1v) is 6.68. The van der Waals surface area contributed by atoms with E-state index in [9.17, 15) is 17.2 Å². The minimum atomic E-state index is -3.82. The van der Waals surface area contributed by atoms with E-state index in [0.29, 0.717) is 0 Å². The summed E-state index contributed by atoms with van der Waals surface area (Å²) in [6, 6.07) is 2.14. The van der Waals surface area contributed by atoms with Gasteiger partial charge in [0, 0.05) is 17.4 Å². The van der Waals surface area contributed by atoms with Gasteiger partial charge in [0.15, 0.2) is 21.5 Å². The largest absolute Gasteiger partial charge is 0.384 e. The molecule has 5 nitrogen and oxygen atoms in total. The number of H-pyrrole nitrogens is 1. The summed E-state index contributed by atoms with van der Waals surface area (Å²) in [5.41, 5.74) is 5.52. The molecule has 0 aliphatic carbocycles. The summed E-state index contributed by atoms with van der Waals surface area (Å²) in [7, 11) is -3.82. The Hall–Kier alpha value is -1.96. The molecule has 0 fully saturated rings. The smallest absolute Gasteiger partial charge is 0.178 e. The molecule has 0 spiro atoms. The van der Waals surface area contributed by atoms with Gasteiger partial charge in [0.25, 0.3) is 0 Å². The van der Waals surface area contributed by atoms with E-state index in [-0.39, 0.29) is 16.9 Å². The lowest BCUT2D eigenvalue weighted by Crippen LogP contribution is -2.04. The van der Waals surface area contributed by atoms with Crippen LogP contribution in [0.4, 0.5) is 14.6 Å². The fraction of sp³-hybridized carbons (Fsp3) is 0.100. The molecule has 1 aromatic heterocycles. The lowest BCUT2D eigenvalue weighted by molar-refractivity contribution is 0.488. The Bertz CT molecular complexity index is 710. The zero-order valence-electron chi connectivity index (χ0n) is 9.24. The minimum Gasteiger partial charge on any atom is -0.384 e. The van der Waals surface area contributed by atoms with E-state index in [1.807, 2.05) is 0 Å². The second-order valence-electron chi connectivity index (χ2n) is 3.71. The summed E-state index contributed by atoms with van der Waals surface area (Å²) in [4.78, 5) is -0.689. The van der Waals surface area contributed by atoms with Crippen LogP contribution in [0.15, 0.2) is 23.2 Å². The molecule has 3 N–H and O–H groups in total. The maximum Gasteiger partial charge on any atom is 0.178 e. The lowest BCUT2D eigenvalue weighted by Gasteiger charge is -2.06. The Morgan fingerprint density at radius 3 is 2.39 bits per heavy atom. The van der Waals surface area contributed by atoms with Gasteiger partial charge in [-0.15, -0.1) is 0 Å². The molecule has 1 heterocycles. The number of nitrogens with two attached hydrogens (primary N) is 1. The van der Waals surface area contributed by atoms with Crippen LogP contribution >= 0.6 is 0 Å². The Kier molecular flexibility index (Phi) is 2.81. The monoisotopic (exact) mass is 273 g/mol. The zero-order chi connectivity index (χ0) is 13.5. The van der Waals surface area contributed by atoms with E-state index >= 15 is 0 Å². The molecule has 8 heteroatoms. The van der Waals surface area contributed by atoms with E-state index in [4.69, 9.17) is 5.73 Å². The Balaban J connectivity index is 2.69. The molecule has 0 saturated carbocycles. The van der Waals surface area contributed by atoms with Crippen molar-refractivity contribution in [2.75, 3.05) is 12.0 Å². The highest BCUT2D eigenvalue weighted by Gasteiger charge is 2.21. The van der Waals surface area contributed by atoms with Gasteiger partial charge in [-0.25, -0.2) is 17.2 Å². The third-order valence-electron chi connectivity index (χ3n) is 2.41. The van der Waals surface area contributed by atoms with Crippen molar-refractivity contribution in [3.63, 3.8) is 0 Å². The van der Waals surface area contributed by atoms with Gasteiger partial charge in [-0.2, -0.15) is 5.10 Å². The summed E-state index contributed by atoms with van der Waals surface area (Å²) in [5.74, 6) is -2.62. The maximum absolute atomic E-state index is 13.8. The molecule has 0 bridgehead atoms. The van der Waals surface area contributed by atoms with Gasteiger partial charge in [-0.1, -0.05) is 0 Å². The second kappa shape index (κ2) is 4.05. The number of aromatic nitrogens is 2. The van der Waals surface area contributed by atoms with Crippen molar-refractivity contribution in [1.82, 2.24) is 10.2 Å². The average Bonchev–Trinajstić information content (AvgIpc) is 2.67. The molecular weight excluding hydrogens is 264 g/mol. The summed E-state index contributed by atoms with van der Waals surface area (Å²) >= 11 is 0. The van der Waals surface area contributed by atoms with Crippen LogP contribution in [0.5, 0.6) is 0 Å². The number of nitrogens with one attached hydrogen (secondary N) is 1. The first-order valence-electron chi connectivity index (χ1n) is 4.79. The van der Waals surface area contributed by atoms with Crippen LogP contribution in [0.3, 0.4) is 0 Å². The number of sulfone groups is 1. The molecule has 18 heavy (non-hydrogen) atoms. The van der Waals surface area contributed by atoms with E-state index in [1.54, 1.807) is 0 Å². The summed E-state index contributed by atoms with van der Waals surface area (Å²) in [5, 5.41) is 5.96. The lowest BCUT2D eigenvalue weighted by atomic mass is 10.1. The molecule has 0 amide bonds. The highest BCUT2D eigenvalue weighted by atomic mass is 32.2. The topological polar surface area (TPSA) is 88.8 Å². The molecule has 0 aliphatic rings. The summed E-state index contributed by atoms with van der Waals surface area (Å²) in [6.45, 7) is 0. The van der Waals surface area contributed by atoms with Gasteiger partial charge >= 0.3 is 0 Å². The van der Waals surface area contributed by atoms with Crippen molar-refractivity contribution < 1.29 is 17.2 Å². The van der Waals surface area contributed by atoms with Gasteiger partial charge in [0.05, 0.1) is 6.20 Å². The maximum atomic E-state index is 13.8. The zero-order valence-corrected chi connectivity index (χ0v) is 10.1. The number of aromatic amines is 1. The van der Waals surface area contributed by atoms with Crippen LogP contribution < -0.4 is 5.73 Å². The minimum absolute atomic E-state index is 0.0698.